The molecule has 1 aromatic rings. The molecule has 0 aromatic carbocycles. The standard InChI is InChI=1S/C7H5BrF2N2O3/c8-6-4(12(14)15)1-3(2-13)5(11-6)7(9)10/h1,7,13H,2H2. The summed E-state index contributed by atoms with van der Waals surface area (Å²) in [5.41, 5.74) is -1.36. The molecule has 0 saturated heterocycles. The van der Waals surface area contributed by atoms with Crippen LogP contribution in [0.1, 0.15) is 17.7 Å². The van der Waals surface area contributed by atoms with Crippen LogP contribution in [0.3, 0.4) is 0 Å². The van der Waals surface area contributed by atoms with Crippen molar-refractivity contribution in [3.05, 3.63) is 32.0 Å². The van der Waals surface area contributed by atoms with Gasteiger partial charge in [-0.2, -0.15) is 0 Å². The molecule has 1 aromatic heterocycles. The fraction of sp³-hybridized carbons (Fsp3) is 0.286. The molecular formula is C7H5BrF2N2O3. The monoisotopic (exact) mass is 282 g/mol. The normalized spacial score (nSPS) is 10.7. The number of nitro groups is 1. The maximum atomic E-state index is 12.4. The van der Waals surface area contributed by atoms with Crippen LogP contribution >= 0.6 is 15.9 Å². The van der Waals surface area contributed by atoms with Crippen LogP contribution in [-0.2, 0) is 6.61 Å². The Bertz CT molecular complexity index is 400. The molecule has 82 valence electrons. The lowest BCUT2D eigenvalue weighted by atomic mass is 10.2. The van der Waals surface area contributed by atoms with Gasteiger partial charge in [0.25, 0.3) is 6.43 Å². The number of hydrogen-bond donors (Lipinski definition) is 1. The third kappa shape index (κ3) is 2.45. The number of aliphatic hydroxyl groups is 1. The lowest BCUT2D eigenvalue weighted by molar-refractivity contribution is -0.386. The molecule has 0 spiro atoms. The van der Waals surface area contributed by atoms with Gasteiger partial charge >= 0.3 is 5.69 Å². The number of rotatable bonds is 3. The number of halogens is 3. The van der Waals surface area contributed by atoms with Crippen molar-refractivity contribution in [1.29, 1.82) is 0 Å². The third-order valence-electron chi connectivity index (χ3n) is 1.64. The van der Waals surface area contributed by atoms with Crippen molar-refractivity contribution >= 4 is 21.6 Å². The maximum Gasteiger partial charge on any atom is 0.302 e. The molecule has 0 aliphatic carbocycles. The molecule has 0 aliphatic rings. The second kappa shape index (κ2) is 4.58. The number of hydrogen-bond acceptors (Lipinski definition) is 4. The van der Waals surface area contributed by atoms with E-state index in [2.05, 4.69) is 20.9 Å². The van der Waals surface area contributed by atoms with Crippen molar-refractivity contribution < 1.29 is 18.8 Å². The van der Waals surface area contributed by atoms with Crippen LogP contribution in [0.4, 0.5) is 14.5 Å². The fourth-order valence-electron chi connectivity index (χ4n) is 0.977. The molecule has 0 fully saturated rings. The van der Waals surface area contributed by atoms with Crippen LogP contribution < -0.4 is 0 Å². The van der Waals surface area contributed by atoms with Crippen molar-refractivity contribution in [3.8, 4) is 0 Å². The van der Waals surface area contributed by atoms with Gasteiger partial charge in [-0.1, -0.05) is 0 Å². The van der Waals surface area contributed by atoms with E-state index < -0.39 is 29.3 Å². The highest BCUT2D eigenvalue weighted by atomic mass is 79.9. The van der Waals surface area contributed by atoms with Crippen LogP contribution in [0.2, 0.25) is 0 Å². The minimum atomic E-state index is -2.88. The van der Waals surface area contributed by atoms with Gasteiger partial charge in [0.05, 0.1) is 11.5 Å². The average molecular weight is 283 g/mol. The van der Waals surface area contributed by atoms with Gasteiger partial charge < -0.3 is 5.11 Å². The first-order valence-corrected chi connectivity index (χ1v) is 4.49. The van der Waals surface area contributed by atoms with Crippen molar-refractivity contribution in [2.75, 3.05) is 0 Å². The molecule has 0 bridgehead atoms. The van der Waals surface area contributed by atoms with E-state index in [-0.39, 0.29) is 10.2 Å². The molecule has 0 aliphatic heterocycles. The summed E-state index contributed by atoms with van der Waals surface area (Å²) in [6.07, 6.45) is -2.88. The van der Waals surface area contributed by atoms with Crippen molar-refractivity contribution in [2.24, 2.45) is 0 Å². The van der Waals surface area contributed by atoms with Gasteiger partial charge in [-0.25, -0.2) is 13.8 Å². The molecule has 15 heavy (non-hydrogen) atoms. The Kier molecular flexibility index (Phi) is 3.64. The number of alkyl halides is 2. The van der Waals surface area contributed by atoms with E-state index in [1.54, 1.807) is 0 Å². The zero-order valence-corrected chi connectivity index (χ0v) is 8.74. The number of aromatic nitrogens is 1. The van der Waals surface area contributed by atoms with Crippen LogP contribution in [0, 0.1) is 10.1 Å². The smallest absolute Gasteiger partial charge is 0.302 e. The molecule has 0 radical (unpaired) electrons. The van der Waals surface area contributed by atoms with Crippen LogP contribution in [0.15, 0.2) is 10.7 Å². The van der Waals surface area contributed by atoms with E-state index in [4.69, 9.17) is 5.11 Å². The maximum absolute atomic E-state index is 12.4. The highest BCUT2D eigenvalue weighted by Crippen LogP contribution is 2.29. The highest BCUT2D eigenvalue weighted by Gasteiger charge is 2.22. The first kappa shape index (κ1) is 11.9. The van der Waals surface area contributed by atoms with E-state index in [9.17, 15) is 18.9 Å². The highest BCUT2D eigenvalue weighted by molar-refractivity contribution is 9.10. The second-order valence-corrected chi connectivity index (χ2v) is 3.31. The van der Waals surface area contributed by atoms with E-state index in [0.717, 1.165) is 6.07 Å². The van der Waals surface area contributed by atoms with Gasteiger partial charge in [-0.3, -0.25) is 10.1 Å². The first-order chi connectivity index (χ1) is 6.97. The summed E-state index contributed by atoms with van der Waals surface area (Å²) in [5.74, 6) is 0. The Hall–Kier alpha value is -1.15. The molecule has 1 rings (SSSR count). The van der Waals surface area contributed by atoms with Crippen molar-refractivity contribution in [1.82, 2.24) is 4.98 Å². The van der Waals surface area contributed by atoms with Gasteiger partial charge in [0.1, 0.15) is 5.69 Å². The van der Waals surface area contributed by atoms with E-state index in [1.165, 1.54) is 0 Å². The van der Waals surface area contributed by atoms with Gasteiger partial charge in [0, 0.05) is 11.6 Å². The lowest BCUT2D eigenvalue weighted by Crippen LogP contribution is -2.02. The van der Waals surface area contributed by atoms with Gasteiger partial charge in [0.15, 0.2) is 4.60 Å². The number of pyridine rings is 1. The van der Waals surface area contributed by atoms with Crippen molar-refractivity contribution in [2.45, 2.75) is 13.0 Å². The minimum absolute atomic E-state index is 0.250. The van der Waals surface area contributed by atoms with Crippen LogP contribution in [0.25, 0.3) is 0 Å². The molecular weight excluding hydrogens is 278 g/mol. The van der Waals surface area contributed by atoms with E-state index in [0.29, 0.717) is 0 Å². The molecule has 0 atom stereocenters. The van der Waals surface area contributed by atoms with Crippen LogP contribution in [0.5, 0.6) is 0 Å². The predicted molar refractivity (Wildman–Crippen MR) is 49.5 cm³/mol. The second-order valence-electron chi connectivity index (χ2n) is 2.56. The molecule has 0 amide bonds. The predicted octanol–water partition coefficient (Wildman–Crippen LogP) is 2.18. The fourth-order valence-corrected chi connectivity index (χ4v) is 1.43. The number of aliphatic hydroxyl groups excluding tert-OH is 1. The quantitative estimate of drug-likeness (QED) is 0.524. The molecule has 5 nitrogen and oxygen atoms in total. The SMILES string of the molecule is O=[N+]([O-])c1cc(CO)c(C(F)F)nc1Br. The molecule has 0 saturated carbocycles. The Balaban J connectivity index is 3.35. The molecule has 0 unspecified atom stereocenters. The van der Waals surface area contributed by atoms with Gasteiger partial charge in [-0.05, 0) is 15.9 Å². The van der Waals surface area contributed by atoms with Crippen molar-refractivity contribution in [3.63, 3.8) is 0 Å². The Labute approximate surface area is 91.0 Å². The van der Waals surface area contributed by atoms with Gasteiger partial charge in [0.2, 0.25) is 0 Å². The average Bonchev–Trinajstić information content (AvgIpc) is 2.16. The molecule has 1 N–H and O–H groups in total. The van der Waals surface area contributed by atoms with Gasteiger partial charge in [-0.15, -0.1) is 0 Å². The Morgan fingerprint density at radius 1 is 1.67 bits per heavy atom. The number of nitrogens with zero attached hydrogens (tertiary/aromatic N) is 2. The summed E-state index contributed by atoms with van der Waals surface area (Å²) in [6.45, 7) is -0.721. The topological polar surface area (TPSA) is 76.3 Å². The summed E-state index contributed by atoms with van der Waals surface area (Å²) in [6, 6.07) is 0.874. The lowest BCUT2D eigenvalue weighted by Gasteiger charge is -2.05. The third-order valence-corrected chi connectivity index (χ3v) is 2.23. The summed E-state index contributed by atoms with van der Waals surface area (Å²) in [5, 5.41) is 19.2. The summed E-state index contributed by atoms with van der Waals surface area (Å²) in [4.78, 5) is 13.0. The van der Waals surface area contributed by atoms with E-state index >= 15 is 0 Å². The van der Waals surface area contributed by atoms with E-state index in [1.807, 2.05) is 0 Å². The Morgan fingerprint density at radius 2 is 2.27 bits per heavy atom. The largest absolute Gasteiger partial charge is 0.392 e. The molecule has 1 heterocycles. The minimum Gasteiger partial charge on any atom is -0.392 e. The zero-order valence-electron chi connectivity index (χ0n) is 7.15. The zero-order chi connectivity index (χ0) is 11.6. The van der Waals surface area contributed by atoms with Crippen LogP contribution in [-0.4, -0.2) is 15.0 Å². The first-order valence-electron chi connectivity index (χ1n) is 3.70. The summed E-state index contributed by atoms with van der Waals surface area (Å²) >= 11 is 2.71. The summed E-state index contributed by atoms with van der Waals surface area (Å²) in [7, 11) is 0. The Morgan fingerprint density at radius 3 is 2.67 bits per heavy atom. The summed E-state index contributed by atoms with van der Waals surface area (Å²) < 4.78 is 24.4. The molecule has 8 heteroatoms.